The number of fused-ring (bicyclic) bond motifs is 1. The van der Waals surface area contributed by atoms with Crippen molar-refractivity contribution in [3.05, 3.63) is 65.1 Å². The van der Waals surface area contributed by atoms with Crippen molar-refractivity contribution >= 4 is 38.5 Å². The van der Waals surface area contributed by atoms with Gasteiger partial charge in [-0.15, -0.1) is 0 Å². The SMILES string of the molecule is C[C@H]1[C@H](F)C[C@@H](C(=O)NCc2cc(-c3cnc(C(F)(F)F)nc3)ncc2C(F)(F)F)N1S(=O)(=O)c1cc2c(Cl)nccc2o1. The van der Waals surface area contributed by atoms with E-state index in [9.17, 15) is 43.9 Å². The second-order valence-corrected chi connectivity index (χ2v) is 11.8. The lowest BCUT2D eigenvalue weighted by atomic mass is 10.1. The van der Waals surface area contributed by atoms with Gasteiger partial charge in [-0.1, -0.05) is 11.6 Å². The van der Waals surface area contributed by atoms with Crippen LogP contribution in [0.1, 0.15) is 30.3 Å². The number of rotatable bonds is 6. The third kappa shape index (κ3) is 5.92. The van der Waals surface area contributed by atoms with Crippen LogP contribution in [0, 0.1) is 0 Å². The molecule has 0 bridgehead atoms. The zero-order valence-electron chi connectivity index (χ0n) is 22.0. The largest absolute Gasteiger partial charge is 0.451 e. The molecule has 1 amide bonds. The van der Waals surface area contributed by atoms with E-state index in [0.717, 1.165) is 24.5 Å². The monoisotopic (exact) mass is 666 g/mol. The first-order valence-corrected chi connectivity index (χ1v) is 14.3. The number of carbonyl (C=O) groups excluding carboxylic acids is 1. The molecule has 1 fully saturated rings. The molecule has 1 N–H and O–H groups in total. The summed E-state index contributed by atoms with van der Waals surface area (Å²) in [6, 6.07) is 0.242. The summed E-state index contributed by atoms with van der Waals surface area (Å²) in [5.41, 5.74) is -2.18. The molecule has 0 saturated carbocycles. The predicted molar refractivity (Wildman–Crippen MR) is 138 cm³/mol. The van der Waals surface area contributed by atoms with Gasteiger partial charge in [0.25, 0.3) is 10.0 Å². The number of hydrogen-bond acceptors (Lipinski definition) is 8. The summed E-state index contributed by atoms with van der Waals surface area (Å²) in [4.78, 5) is 27.0. The normalized spacial score (nSPS) is 19.9. The Bertz CT molecular complexity index is 1830. The van der Waals surface area contributed by atoms with Crippen LogP contribution in [0.5, 0.6) is 0 Å². The minimum Gasteiger partial charge on any atom is -0.443 e. The summed E-state index contributed by atoms with van der Waals surface area (Å²) in [5, 5.41) is 1.63. The maximum Gasteiger partial charge on any atom is 0.451 e. The number of carbonyl (C=O) groups is 1. The van der Waals surface area contributed by atoms with Crippen molar-refractivity contribution in [1.82, 2.24) is 29.6 Å². The Hall–Kier alpha value is -3.90. The standard InChI is InChI=1S/C25H18ClF7N6O4S/c1-11-16(27)6-18(39(11)44(41,42)20-5-14-19(43-20)2-3-34-21(14)26)22(40)36-7-12-4-17(35-10-15(12)24(28,29)30)13-8-37-23(38-9-13)25(31,32)33/h2-5,8-11,16,18H,6-7H2,1H3,(H,36,40)/t11-,16+,18-/m0/s1. The Morgan fingerprint density at radius 3 is 2.36 bits per heavy atom. The zero-order chi connectivity index (χ0) is 32.2. The molecule has 0 unspecified atom stereocenters. The first-order valence-electron chi connectivity index (χ1n) is 12.4. The van der Waals surface area contributed by atoms with E-state index in [-0.39, 0.29) is 27.4 Å². The van der Waals surface area contributed by atoms with Crippen LogP contribution in [-0.4, -0.2) is 56.8 Å². The second-order valence-electron chi connectivity index (χ2n) is 9.66. The van der Waals surface area contributed by atoms with Gasteiger partial charge >= 0.3 is 12.4 Å². The summed E-state index contributed by atoms with van der Waals surface area (Å²) in [7, 11) is -4.67. The smallest absolute Gasteiger partial charge is 0.443 e. The number of aromatic nitrogens is 4. The lowest BCUT2D eigenvalue weighted by Crippen LogP contribution is -2.48. The number of alkyl halides is 7. The fourth-order valence-corrected chi connectivity index (χ4v) is 6.63. The quantitative estimate of drug-likeness (QED) is 0.220. The molecule has 19 heteroatoms. The Kier molecular flexibility index (Phi) is 8.04. The van der Waals surface area contributed by atoms with Crippen molar-refractivity contribution in [3.63, 3.8) is 0 Å². The molecule has 0 radical (unpaired) electrons. The van der Waals surface area contributed by atoms with Crippen LogP contribution in [0.4, 0.5) is 30.7 Å². The highest BCUT2D eigenvalue weighted by Crippen LogP contribution is 2.37. The fourth-order valence-electron chi connectivity index (χ4n) is 4.67. The van der Waals surface area contributed by atoms with Crippen molar-refractivity contribution < 1.29 is 48.4 Å². The van der Waals surface area contributed by atoms with Crippen LogP contribution in [0.2, 0.25) is 5.15 Å². The zero-order valence-corrected chi connectivity index (χ0v) is 23.6. The predicted octanol–water partition coefficient (Wildman–Crippen LogP) is 5.18. The number of halogens is 8. The number of nitrogens with zero attached hydrogens (tertiary/aromatic N) is 5. The Morgan fingerprint density at radius 2 is 1.75 bits per heavy atom. The summed E-state index contributed by atoms with van der Waals surface area (Å²) in [6.45, 7) is 0.391. The van der Waals surface area contributed by atoms with Gasteiger partial charge in [0.05, 0.1) is 22.7 Å². The van der Waals surface area contributed by atoms with Gasteiger partial charge in [-0.25, -0.2) is 27.8 Å². The molecular weight excluding hydrogens is 649 g/mol. The molecule has 3 atom stereocenters. The summed E-state index contributed by atoms with van der Waals surface area (Å²) in [6.07, 6.45) is -9.10. The molecule has 4 aromatic rings. The van der Waals surface area contributed by atoms with Crippen molar-refractivity contribution in [1.29, 1.82) is 0 Å². The van der Waals surface area contributed by atoms with E-state index in [1.54, 1.807) is 0 Å². The number of sulfonamides is 1. The lowest BCUT2D eigenvalue weighted by molar-refractivity contribution is -0.145. The minimum atomic E-state index is -4.96. The average Bonchev–Trinajstić information content (AvgIpc) is 3.53. The molecule has 44 heavy (non-hydrogen) atoms. The number of hydrogen-bond donors (Lipinski definition) is 1. The molecule has 5 rings (SSSR count). The van der Waals surface area contributed by atoms with Crippen LogP contribution in [0.25, 0.3) is 22.2 Å². The highest BCUT2D eigenvalue weighted by atomic mass is 35.5. The van der Waals surface area contributed by atoms with Crippen LogP contribution in [-0.2, 0) is 33.7 Å². The van der Waals surface area contributed by atoms with Crippen LogP contribution in [0.15, 0.2) is 52.5 Å². The van der Waals surface area contributed by atoms with Crippen molar-refractivity contribution in [3.8, 4) is 11.3 Å². The number of nitrogens with one attached hydrogen (secondary N) is 1. The van der Waals surface area contributed by atoms with Crippen molar-refractivity contribution in [2.24, 2.45) is 0 Å². The lowest BCUT2D eigenvalue weighted by Gasteiger charge is -2.25. The number of pyridine rings is 2. The Labute approximate surface area is 248 Å². The second kappa shape index (κ2) is 11.2. The van der Waals surface area contributed by atoms with Gasteiger partial charge < -0.3 is 9.73 Å². The van der Waals surface area contributed by atoms with E-state index in [4.69, 9.17) is 16.0 Å². The molecule has 1 saturated heterocycles. The van der Waals surface area contributed by atoms with Gasteiger partial charge in [0, 0.05) is 49.4 Å². The van der Waals surface area contributed by atoms with Gasteiger partial charge in [0.2, 0.25) is 16.8 Å². The third-order valence-electron chi connectivity index (χ3n) is 6.84. The van der Waals surface area contributed by atoms with Gasteiger partial charge in [0.15, 0.2) is 0 Å². The van der Waals surface area contributed by atoms with E-state index in [2.05, 4.69) is 25.3 Å². The van der Waals surface area contributed by atoms with Crippen molar-refractivity contribution in [2.45, 2.75) is 55.6 Å². The van der Waals surface area contributed by atoms with E-state index in [0.29, 0.717) is 10.5 Å². The molecule has 234 valence electrons. The summed E-state index contributed by atoms with van der Waals surface area (Å²) < 4.78 is 127. The van der Waals surface area contributed by atoms with E-state index >= 15 is 0 Å². The first kappa shape index (κ1) is 31.5. The minimum absolute atomic E-state index is 0.0554. The Morgan fingerprint density at radius 1 is 1.07 bits per heavy atom. The van der Waals surface area contributed by atoms with E-state index in [1.807, 2.05) is 0 Å². The summed E-state index contributed by atoms with van der Waals surface area (Å²) in [5.74, 6) is -2.58. The highest BCUT2D eigenvalue weighted by molar-refractivity contribution is 7.89. The maximum atomic E-state index is 14.8. The molecular formula is C25H18ClF7N6O4S. The first-order chi connectivity index (χ1) is 20.5. The average molecular weight is 667 g/mol. The number of amides is 1. The molecule has 0 aliphatic carbocycles. The molecule has 1 aliphatic heterocycles. The molecule has 10 nitrogen and oxygen atoms in total. The van der Waals surface area contributed by atoms with E-state index < -0.39 is 81.5 Å². The third-order valence-corrected chi connectivity index (χ3v) is 8.99. The van der Waals surface area contributed by atoms with Gasteiger partial charge in [-0.3, -0.25) is 9.78 Å². The Balaban J connectivity index is 1.42. The maximum absolute atomic E-state index is 14.8. The fraction of sp³-hybridized carbons (Fsp3) is 0.320. The topological polar surface area (TPSA) is 131 Å². The summed E-state index contributed by atoms with van der Waals surface area (Å²) >= 11 is 5.99. The van der Waals surface area contributed by atoms with Gasteiger partial charge in [-0.05, 0) is 24.6 Å². The molecule has 1 aliphatic rings. The molecule has 4 aromatic heterocycles. The number of furan rings is 1. The van der Waals surface area contributed by atoms with Crippen molar-refractivity contribution in [2.75, 3.05) is 0 Å². The molecule has 0 spiro atoms. The van der Waals surface area contributed by atoms with Gasteiger partial charge in [0.1, 0.15) is 22.9 Å². The highest BCUT2D eigenvalue weighted by Gasteiger charge is 2.50. The molecule has 5 heterocycles. The molecule has 0 aromatic carbocycles. The van der Waals surface area contributed by atoms with Crippen LogP contribution >= 0.6 is 11.6 Å². The van der Waals surface area contributed by atoms with Crippen LogP contribution < -0.4 is 5.32 Å². The van der Waals surface area contributed by atoms with Crippen LogP contribution in [0.3, 0.4) is 0 Å². The van der Waals surface area contributed by atoms with Gasteiger partial charge in [-0.2, -0.15) is 30.6 Å². The van der Waals surface area contributed by atoms with E-state index in [1.165, 1.54) is 19.2 Å².